The molecule has 0 bridgehead atoms. The van der Waals surface area contributed by atoms with E-state index in [2.05, 4.69) is 31.4 Å². The van der Waals surface area contributed by atoms with Crippen LogP contribution in [0.3, 0.4) is 0 Å². The second kappa shape index (κ2) is 9.33. The summed E-state index contributed by atoms with van der Waals surface area (Å²) in [4.78, 5) is 38.8. The maximum absolute atomic E-state index is 12.6. The summed E-state index contributed by atoms with van der Waals surface area (Å²) < 4.78 is 0. The second-order valence-electron chi connectivity index (χ2n) is 9.13. The molecule has 0 radical (unpaired) electrons. The van der Waals surface area contributed by atoms with Crippen molar-refractivity contribution >= 4 is 23.4 Å². The second-order valence-corrected chi connectivity index (χ2v) is 9.13. The zero-order valence-corrected chi connectivity index (χ0v) is 18.7. The molecule has 1 aliphatic rings. The van der Waals surface area contributed by atoms with E-state index in [4.69, 9.17) is 0 Å². The van der Waals surface area contributed by atoms with Crippen LogP contribution >= 0.6 is 0 Å². The lowest BCUT2D eigenvalue weighted by atomic mass is 9.86. The minimum absolute atomic E-state index is 0.0127. The van der Waals surface area contributed by atoms with Gasteiger partial charge in [0.2, 0.25) is 11.8 Å². The molecular weight excluding hydrogens is 390 g/mol. The van der Waals surface area contributed by atoms with E-state index in [1.54, 1.807) is 25.1 Å². The zero-order valence-electron chi connectivity index (χ0n) is 18.7. The van der Waals surface area contributed by atoms with Crippen molar-refractivity contribution in [2.45, 2.75) is 58.5 Å². The van der Waals surface area contributed by atoms with Gasteiger partial charge in [-0.15, -0.1) is 0 Å². The van der Waals surface area contributed by atoms with E-state index in [-0.39, 0.29) is 23.1 Å². The smallest absolute Gasteiger partial charge is 0.251 e. The number of hydrogen-bond acceptors (Lipinski definition) is 3. The van der Waals surface area contributed by atoms with Gasteiger partial charge in [0, 0.05) is 30.8 Å². The fourth-order valence-electron chi connectivity index (χ4n) is 3.56. The Morgan fingerprint density at radius 1 is 1.10 bits per heavy atom. The summed E-state index contributed by atoms with van der Waals surface area (Å²) in [6.45, 7) is 9.32. The van der Waals surface area contributed by atoms with Gasteiger partial charge in [-0.1, -0.05) is 45.0 Å². The normalized spacial score (nSPS) is 15.0. The molecule has 6 nitrogen and oxygen atoms in total. The molecular formula is C25H31N3O3. The zero-order chi connectivity index (χ0) is 22.6. The van der Waals surface area contributed by atoms with Crippen molar-refractivity contribution in [3.05, 3.63) is 65.2 Å². The Labute approximate surface area is 184 Å². The third kappa shape index (κ3) is 5.94. The molecule has 0 aromatic heterocycles. The summed E-state index contributed by atoms with van der Waals surface area (Å²) in [5.74, 6) is -0.417. The SMILES string of the molecule is CC(NC(=O)c1ccc(C(C)(C)C)cc1)C(=O)Nc1cccc(CN2CCCC2=O)c1. The monoisotopic (exact) mass is 421 g/mol. The van der Waals surface area contributed by atoms with Crippen molar-refractivity contribution in [3.63, 3.8) is 0 Å². The van der Waals surface area contributed by atoms with E-state index in [0.29, 0.717) is 24.2 Å². The number of amides is 3. The number of anilines is 1. The van der Waals surface area contributed by atoms with Crippen molar-refractivity contribution in [1.82, 2.24) is 10.2 Å². The fourth-order valence-corrected chi connectivity index (χ4v) is 3.56. The maximum atomic E-state index is 12.6. The molecule has 1 atom stereocenters. The number of nitrogens with zero attached hydrogens (tertiary/aromatic N) is 1. The molecule has 0 spiro atoms. The van der Waals surface area contributed by atoms with Gasteiger partial charge >= 0.3 is 0 Å². The van der Waals surface area contributed by atoms with Crippen LogP contribution in [0.5, 0.6) is 0 Å². The summed E-state index contributed by atoms with van der Waals surface area (Å²) in [6, 6.07) is 14.2. The highest BCUT2D eigenvalue weighted by Gasteiger charge is 2.21. The van der Waals surface area contributed by atoms with Crippen LogP contribution in [0.4, 0.5) is 5.69 Å². The molecule has 1 fully saturated rings. The molecule has 3 rings (SSSR count). The third-order valence-electron chi connectivity index (χ3n) is 5.49. The van der Waals surface area contributed by atoms with Crippen molar-refractivity contribution in [1.29, 1.82) is 0 Å². The molecule has 1 aliphatic heterocycles. The van der Waals surface area contributed by atoms with Crippen LogP contribution in [0, 0.1) is 0 Å². The first-order valence-electron chi connectivity index (χ1n) is 10.7. The van der Waals surface area contributed by atoms with Gasteiger partial charge in [-0.2, -0.15) is 0 Å². The van der Waals surface area contributed by atoms with E-state index in [1.165, 1.54) is 0 Å². The van der Waals surface area contributed by atoms with Crippen molar-refractivity contribution in [3.8, 4) is 0 Å². The van der Waals surface area contributed by atoms with E-state index >= 15 is 0 Å². The summed E-state index contributed by atoms with van der Waals surface area (Å²) in [6.07, 6.45) is 1.50. The first kappa shape index (κ1) is 22.5. The molecule has 164 valence electrons. The molecule has 3 amide bonds. The molecule has 2 aromatic rings. The minimum Gasteiger partial charge on any atom is -0.341 e. The molecule has 0 saturated carbocycles. The van der Waals surface area contributed by atoms with Crippen LogP contribution in [0.1, 0.15) is 62.0 Å². The predicted molar refractivity (Wildman–Crippen MR) is 122 cm³/mol. The standard InChI is InChI=1S/C25H31N3O3/c1-17(26-24(31)19-10-12-20(13-11-19)25(2,3)4)23(30)27-21-8-5-7-18(15-21)16-28-14-6-9-22(28)29/h5,7-8,10-13,15,17H,6,9,14,16H2,1-4H3,(H,26,31)(H,27,30). The molecule has 2 aromatic carbocycles. The van der Waals surface area contributed by atoms with Crippen LogP contribution < -0.4 is 10.6 Å². The van der Waals surface area contributed by atoms with Gasteiger partial charge in [-0.3, -0.25) is 14.4 Å². The number of rotatable bonds is 6. The first-order valence-corrected chi connectivity index (χ1v) is 10.7. The summed E-state index contributed by atoms with van der Waals surface area (Å²) in [5, 5.41) is 5.60. The lowest BCUT2D eigenvalue weighted by Gasteiger charge is -2.19. The van der Waals surface area contributed by atoms with Gasteiger partial charge in [0.25, 0.3) is 5.91 Å². The molecule has 6 heteroatoms. The summed E-state index contributed by atoms with van der Waals surface area (Å²) in [7, 11) is 0. The number of nitrogens with one attached hydrogen (secondary N) is 2. The lowest BCUT2D eigenvalue weighted by molar-refractivity contribution is -0.128. The highest BCUT2D eigenvalue weighted by molar-refractivity contribution is 6.01. The summed E-state index contributed by atoms with van der Waals surface area (Å²) >= 11 is 0. The fraction of sp³-hybridized carbons (Fsp3) is 0.400. The van der Waals surface area contributed by atoms with Crippen LogP contribution in [0.15, 0.2) is 48.5 Å². The Balaban J connectivity index is 1.57. The van der Waals surface area contributed by atoms with Crippen molar-refractivity contribution in [2.75, 3.05) is 11.9 Å². The van der Waals surface area contributed by atoms with E-state index in [9.17, 15) is 14.4 Å². The Hall–Kier alpha value is -3.15. The average Bonchev–Trinajstić information content (AvgIpc) is 3.12. The first-order chi connectivity index (χ1) is 14.6. The van der Waals surface area contributed by atoms with Crippen LogP contribution in [-0.2, 0) is 21.5 Å². The highest BCUT2D eigenvalue weighted by Crippen LogP contribution is 2.22. The minimum atomic E-state index is -0.696. The number of carbonyl (C=O) groups excluding carboxylic acids is 3. The van der Waals surface area contributed by atoms with Gasteiger partial charge in [0.15, 0.2) is 0 Å². The average molecular weight is 422 g/mol. The maximum Gasteiger partial charge on any atom is 0.251 e. The largest absolute Gasteiger partial charge is 0.341 e. The predicted octanol–water partition coefficient (Wildman–Crippen LogP) is 3.86. The van der Waals surface area contributed by atoms with Crippen LogP contribution in [-0.4, -0.2) is 35.2 Å². The van der Waals surface area contributed by atoms with Crippen LogP contribution in [0.2, 0.25) is 0 Å². The van der Waals surface area contributed by atoms with E-state index in [1.807, 2.05) is 35.2 Å². The Bertz CT molecular complexity index is 961. The quantitative estimate of drug-likeness (QED) is 0.743. The van der Waals surface area contributed by atoms with Gasteiger partial charge in [0.1, 0.15) is 6.04 Å². The third-order valence-corrected chi connectivity index (χ3v) is 5.49. The number of hydrogen-bond donors (Lipinski definition) is 2. The molecule has 1 saturated heterocycles. The van der Waals surface area contributed by atoms with E-state index < -0.39 is 6.04 Å². The van der Waals surface area contributed by atoms with Crippen molar-refractivity contribution < 1.29 is 14.4 Å². The molecule has 2 N–H and O–H groups in total. The van der Waals surface area contributed by atoms with Crippen LogP contribution in [0.25, 0.3) is 0 Å². The highest BCUT2D eigenvalue weighted by atomic mass is 16.2. The van der Waals surface area contributed by atoms with Gasteiger partial charge in [-0.05, 0) is 54.2 Å². The Kier molecular flexibility index (Phi) is 6.78. The van der Waals surface area contributed by atoms with Gasteiger partial charge < -0.3 is 15.5 Å². The molecule has 0 aliphatic carbocycles. The van der Waals surface area contributed by atoms with Gasteiger partial charge in [-0.25, -0.2) is 0 Å². The number of benzene rings is 2. The topological polar surface area (TPSA) is 78.5 Å². The van der Waals surface area contributed by atoms with E-state index in [0.717, 1.165) is 24.1 Å². The Morgan fingerprint density at radius 3 is 2.42 bits per heavy atom. The number of carbonyl (C=O) groups is 3. The van der Waals surface area contributed by atoms with Gasteiger partial charge in [0.05, 0.1) is 0 Å². The molecule has 1 unspecified atom stereocenters. The summed E-state index contributed by atoms with van der Waals surface area (Å²) in [5.41, 5.74) is 3.28. The lowest BCUT2D eigenvalue weighted by Crippen LogP contribution is -2.41. The number of likely N-dealkylation sites (tertiary alicyclic amines) is 1. The van der Waals surface area contributed by atoms with Crippen molar-refractivity contribution in [2.24, 2.45) is 0 Å². The molecule has 31 heavy (non-hydrogen) atoms. The Morgan fingerprint density at radius 2 is 1.81 bits per heavy atom. The molecule has 1 heterocycles.